The lowest BCUT2D eigenvalue weighted by Gasteiger charge is -2.26. The van der Waals surface area contributed by atoms with Crippen LogP contribution in [0.1, 0.15) is 13.3 Å². The third-order valence-electron chi connectivity index (χ3n) is 3.58. The van der Waals surface area contributed by atoms with Gasteiger partial charge in [0.25, 0.3) is 0 Å². The van der Waals surface area contributed by atoms with Crippen molar-refractivity contribution in [2.75, 3.05) is 0 Å². The van der Waals surface area contributed by atoms with Gasteiger partial charge in [-0.2, -0.15) is 0 Å². The average molecular weight is 254 g/mol. The van der Waals surface area contributed by atoms with Gasteiger partial charge in [-0.05, 0) is 16.8 Å². The molecule has 0 aliphatic heterocycles. The molecule has 0 spiro atoms. The zero-order chi connectivity index (χ0) is 13.0. The topological polar surface area (TPSA) is 17.1 Å². The molecule has 0 aliphatic rings. The number of rotatable bonds is 4. The summed E-state index contributed by atoms with van der Waals surface area (Å²) in [5.74, 6) is 0. The summed E-state index contributed by atoms with van der Waals surface area (Å²) in [6.07, 6.45) is 0.604. The molecule has 0 radical (unpaired) electrons. The van der Waals surface area contributed by atoms with Crippen LogP contribution in [0.3, 0.4) is 0 Å². The normalized spacial score (nSPS) is 11.2. The Hall–Kier alpha value is -1.67. The Bertz CT molecular complexity index is 480. The molecule has 18 heavy (non-hydrogen) atoms. The second-order valence-electron chi connectivity index (χ2n) is 4.63. The zero-order valence-corrected chi connectivity index (χ0v) is 11.9. The van der Waals surface area contributed by atoms with Gasteiger partial charge in [0.15, 0.2) is 8.07 Å². The number of carbonyl (C=O) groups is 1. The fourth-order valence-electron chi connectivity index (χ4n) is 2.39. The molecular formula is C16H18OSi. The van der Waals surface area contributed by atoms with Gasteiger partial charge < -0.3 is 4.79 Å². The minimum Gasteiger partial charge on any atom is -0.305 e. The van der Waals surface area contributed by atoms with Gasteiger partial charge in [-0.1, -0.05) is 74.1 Å². The van der Waals surface area contributed by atoms with Gasteiger partial charge >= 0.3 is 0 Å². The Kier molecular flexibility index (Phi) is 3.77. The lowest BCUT2D eigenvalue weighted by atomic mass is 10.4. The number of carbonyl (C=O) groups excluding carboxylic acids is 1. The molecule has 2 aromatic rings. The van der Waals surface area contributed by atoms with E-state index in [1.807, 2.05) is 43.3 Å². The standard InChI is InChI=1S/C16H18OSi/c1-3-16(17)18(2,14-10-6-4-7-11-14)15-12-8-5-9-13-15/h4-13H,3H2,1-2H3. The Morgan fingerprint density at radius 1 is 0.889 bits per heavy atom. The fraction of sp³-hybridized carbons (Fsp3) is 0.188. The van der Waals surface area contributed by atoms with Crippen molar-refractivity contribution >= 4 is 23.9 Å². The van der Waals surface area contributed by atoms with E-state index in [1.165, 1.54) is 10.4 Å². The Morgan fingerprint density at radius 2 is 1.28 bits per heavy atom. The van der Waals surface area contributed by atoms with Crippen LogP contribution in [-0.2, 0) is 4.79 Å². The second kappa shape index (κ2) is 5.32. The molecule has 0 aromatic heterocycles. The zero-order valence-electron chi connectivity index (χ0n) is 10.9. The minimum absolute atomic E-state index is 0.389. The summed E-state index contributed by atoms with van der Waals surface area (Å²) in [7, 11) is -2.24. The van der Waals surface area contributed by atoms with Crippen LogP contribution in [0, 0.1) is 0 Å². The predicted molar refractivity (Wildman–Crippen MR) is 79.1 cm³/mol. The molecule has 0 bridgehead atoms. The van der Waals surface area contributed by atoms with Gasteiger partial charge in [0, 0.05) is 0 Å². The van der Waals surface area contributed by atoms with Crippen LogP contribution in [0.5, 0.6) is 0 Å². The van der Waals surface area contributed by atoms with Crippen molar-refractivity contribution in [3.8, 4) is 0 Å². The first kappa shape index (κ1) is 12.8. The summed E-state index contributed by atoms with van der Waals surface area (Å²) in [4.78, 5) is 12.5. The average Bonchev–Trinajstić information content (AvgIpc) is 2.47. The maximum absolute atomic E-state index is 12.5. The summed E-state index contributed by atoms with van der Waals surface area (Å²) < 4.78 is 0. The highest BCUT2D eigenvalue weighted by molar-refractivity contribution is 7.21. The highest BCUT2D eigenvalue weighted by atomic mass is 28.3. The molecule has 0 saturated carbocycles. The van der Waals surface area contributed by atoms with Gasteiger partial charge in [0.05, 0.1) is 0 Å². The predicted octanol–water partition coefficient (Wildman–Crippen LogP) is 2.40. The monoisotopic (exact) mass is 254 g/mol. The minimum atomic E-state index is -2.24. The Morgan fingerprint density at radius 3 is 1.61 bits per heavy atom. The molecule has 2 rings (SSSR count). The van der Waals surface area contributed by atoms with Gasteiger partial charge in [0.1, 0.15) is 5.41 Å². The van der Waals surface area contributed by atoms with E-state index in [4.69, 9.17) is 0 Å². The highest BCUT2D eigenvalue weighted by Gasteiger charge is 2.38. The number of benzene rings is 2. The van der Waals surface area contributed by atoms with Crippen LogP contribution in [-0.4, -0.2) is 13.5 Å². The van der Waals surface area contributed by atoms with Gasteiger partial charge in [0.2, 0.25) is 0 Å². The maximum atomic E-state index is 12.5. The lowest BCUT2D eigenvalue weighted by molar-refractivity contribution is -0.112. The molecule has 0 atom stereocenters. The Balaban J connectivity index is 2.59. The molecule has 1 nitrogen and oxygen atoms in total. The molecule has 0 heterocycles. The van der Waals surface area contributed by atoms with Crippen molar-refractivity contribution < 1.29 is 4.79 Å². The third kappa shape index (κ3) is 2.16. The molecule has 0 amide bonds. The first-order valence-corrected chi connectivity index (χ1v) is 8.84. The van der Waals surface area contributed by atoms with Crippen molar-refractivity contribution in [2.45, 2.75) is 19.9 Å². The number of hydrogen-bond acceptors (Lipinski definition) is 1. The van der Waals surface area contributed by atoms with Gasteiger partial charge in [-0.3, -0.25) is 0 Å². The summed E-state index contributed by atoms with van der Waals surface area (Å²) in [5.41, 5.74) is 0. The van der Waals surface area contributed by atoms with Crippen LogP contribution in [0.25, 0.3) is 0 Å². The summed E-state index contributed by atoms with van der Waals surface area (Å²) in [6, 6.07) is 20.4. The smallest absolute Gasteiger partial charge is 0.190 e. The highest BCUT2D eigenvalue weighted by Crippen LogP contribution is 2.09. The summed E-state index contributed by atoms with van der Waals surface area (Å²) >= 11 is 0. The second-order valence-corrected chi connectivity index (χ2v) is 8.60. The van der Waals surface area contributed by atoms with Crippen molar-refractivity contribution in [1.82, 2.24) is 0 Å². The molecule has 2 heteroatoms. The van der Waals surface area contributed by atoms with Crippen molar-refractivity contribution in [2.24, 2.45) is 0 Å². The van der Waals surface area contributed by atoms with Gasteiger partial charge in [-0.25, -0.2) is 0 Å². The maximum Gasteiger partial charge on any atom is 0.190 e. The van der Waals surface area contributed by atoms with Crippen molar-refractivity contribution in [3.05, 3.63) is 60.7 Å². The van der Waals surface area contributed by atoms with Crippen LogP contribution in [0.2, 0.25) is 6.55 Å². The molecular weight excluding hydrogens is 236 g/mol. The van der Waals surface area contributed by atoms with Crippen LogP contribution < -0.4 is 10.4 Å². The SMILES string of the molecule is CCC(=O)[Si](C)(c1ccccc1)c1ccccc1. The van der Waals surface area contributed by atoms with Crippen molar-refractivity contribution in [3.63, 3.8) is 0 Å². The first-order chi connectivity index (χ1) is 8.69. The van der Waals surface area contributed by atoms with E-state index in [0.717, 1.165) is 0 Å². The van der Waals surface area contributed by atoms with Crippen LogP contribution in [0.15, 0.2) is 60.7 Å². The largest absolute Gasteiger partial charge is 0.305 e. The van der Waals surface area contributed by atoms with Crippen LogP contribution >= 0.6 is 0 Å². The molecule has 0 aliphatic carbocycles. The molecule has 2 aromatic carbocycles. The third-order valence-corrected chi connectivity index (χ3v) is 8.03. The summed E-state index contributed by atoms with van der Waals surface area (Å²) in [6.45, 7) is 4.11. The van der Waals surface area contributed by atoms with E-state index in [1.54, 1.807) is 0 Å². The Labute approximate surface area is 109 Å². The molecule has 0 saturated heterocycles. The lowest BCUT2D eigenvalue weighted by Crippen LogP contribution is -2.62. The van der Waals surface area contributed by atoms with Crippen LogP contribution in [0.4, 0.5) is 0 Å². The van der Waals surface area contributed by atoms with E-state index < -0.39 is 8.07 Å². The molecule has 0 unspecified atom stereocenters. The number of hydrogen-bond donors (Lipinski definition) is 0. The quantitative estimate of drug-likeness (QED) is 0.766. The molecule has 0 N–H and O–H groups in total. The summed E-state index contributed by atoms with van der Waals surface area (Å²) in [5, 5.41) is 2.78. The van der Waals surface area contributed by atoms with E-state index >= 15 is 0 Å². The molecule has 0 fully saturated rings. The van der Waals surface area contributed by atoms with Gasteiger partial charge in [-0.15, -0.1) is 0 Å². The van der Waals surface area contributed by atoms with E-state index in [9.17, 15) is 4.79 Å². The fourth-order valence-corrected chi connectivity index (χ4v) is 5.79. The van der Waals surface area contributed by atoms with E-state index in [0.29, 0.717) is 11.8 Å². The van der Waals surface area contributed by atoms with Crippen molar-refractivity contribution in [1.29, 1.82) is 0 Å². The molecule has 92 valence electrons. The first-order valence-electron chi connectivity index (χ1n) is 6.34. The van der Waals surface area contributed by atoms with E-state index in [2.05, 4.69) is 30.8 Å². The van der Waals surface area contributed by atoms with E-state index in [-0.39, 0.29) is 0 Å².